The molecule has 0 radical (unpaired) electrons. The Hall–Kier alpha value is -2.66. The number of rotatable bonds is 4. The quantitative estimate of drug-likeness (QED) is 0.774. The van der Waals surface area contributed by atoms with E-state index in [0.717, 1.165) is 38.2 Å². The van der Waals surface area contributed by atoms with Crippen LogP contribution in [0.4, 0.5) is 5.82 Å². The van der Waals surface area contributed by atoms with Crippen molar-refractivity contribution in [3.63, 3.8) is 0 Å². The summed E-state index contributed by atoms with van der Waals surface area (Å²) >= 11 is 0. The standard InChI is InChI=1S/C22H30N6O2/c1-15-3-2-4-17-21(15)25-18(26-22(17)30)6-8-20(29)28-11-9-27(10-12-28)19-7-5-16(13-23)14-24-19/h5,7,14-15,17-18,21,25H,2-4,6,8-12H2,1H3,(H,26,30). The zero-order valence-electron chi connectivity index (χ0n) is 17.5. The van der Waals surface area contributed by atoms with E-state index in [-0.39, 0.29) is 29.9 Å². The maximum Gasteiger partial charge on any atom is 0.225 e. The van der Waals surface area contributed by atoms with Crippen molar-refractivity contribution in [3.8, 4) is 6.07 Å². The third-order valence-electron chi connectivity index (χ3n) is 6.75. The molecule has 3 aliphatic rings. The Kier molecular flexibility index (Phi) is 6.18. The number of carbonyl (C=O) groups is 2. The molecule has 3 fully saturated rings. The highest BCUT2D eigenvalue weighted by atomic mass is 16.2. The van der Waals surface area contributed by atoms with Gasteiger partial charge < -0.3 is 15.1 Å². The van der Waals surface area contributed by atoms with E-state index >= 15 is 0 Å². The highest BCUT2D eigenvalue weighted by molar-refractivity contribution is 5.81. The summed E-state index contributed by atoms with van der Waals surface area (Å²) in [7, 11) is 0. The summed E-state index contributed by atoms with van der Waals surface area (Å²) in [5, 5.41) is 15.6. The van der Waals surface area contributed by atoms with Crippen LogP contribution >= 0.6 is 0 Å². The number of nitrogens with one attached hydrogen (secondary N) is 2. The van der Waals surface area contributed by atoms with Crippen LogP contribution < -0.4 is 15.5 Å². The molecule has 2 N–H and O–H groups in total. The van der Waals surface area contributed by atoms with E-state index in [9.17, 15) is 9.59 Å². The van der Waals surface area contributed by atoms with Crippen molar-refractivity contribution in [2.24, 2.45) is 11.8 Å². The van der Waals surface area contributed by atoms with E-state index in [2.05, 4.69) is 33.5 Å². The second kappa shape index (κ2) is 9.00. The third kappa shape index (κ3) is 4.41. The van der Waals surface area contributed by atoms with Crippen molar-refractivity contribution in [2.45, 2.75) is 51.2 Å². The molecule has 4 atom stereocenters. The molecule has 1 saturated carbocycles. The molecule has 8 nitrogen and oxygen atoms in total. The summed E-state index contributed by atoms with van der Waals surface area (Å²) in [6, 6.07) is 5.93. The van der Waals surface area contributed by atoms with Gasteiger partial charge in [-0.2, -0.15) is 5.26 Å². The van der Waals surface area contributed by atoms with Crippen LogP contribution in [-0.2, 0) is 9.59 Å². The van der Waals surface area contributed by atoms with Crippen molar-refractivity contribution < 1.29 is 9.59 Å². The number of nitriles is 1. The summed E-state index contributed by atoms with van der Waals surface area (Å²) in [5.41, 5.74) is 0.546. The van der Waals surface area contributed by atoms with E-state index in [1.807, 2.05) is 11.0 Å². The minimum absolute atomic E-state index is 0.0737. The third-order valence-corrected chi connectivity index (χ3v) is 6.75. The van der Waals surface area contributed by atoms with Crippen molar-refractivity contribution in [1.29, 1.82) is 5.26 Å². The largest absolute Gasteiger partial charge is 0.353 e. The predicted octanol–water partition coefficient (Wildman–Crippen LogP) is 1.23. The van der Waals surface area contributed by atoms with Gasteiger partial charge in [-0.15, -0.1) is 0 Å². The van der Waals surface area contributed by atoms with Gasteiger partial charge in [-0.3, -0.25) is 14.9 Å². The first-order valence-corrected chi connectivity index (χ1v) is 11.0. The summed E-state index contributed by atoms with van der Waals surface area (Å²) < 4.78 is 0. The summed E-state index contributed by atoms with van der Waals surface area (Å²) in [4.78, 5) is 33.6. The fourth-order valence-electron chi connectivity index (χ4n) is 4.95. The van der Waals surface area contributed by atoms with Crippen molar-refractivity contribution in [2.75, 3.05) is 31.1 Å². The molecule has 2 amide bonds. The molecule has 4 rings (SSSR count). The first-order chi connectivity index (χ1) is 14.5. The smallest absolute Gasteiger partial charge is 0.225 e. The van der Waals surface area contributed by atoms with Crippen molar-refractivity contribution in [1.82, 2.24) is 20.5 Å². The number of hydrogen-bond acceptors (Lipinski definition) is 6. The summed E-state index contributed by atoms with van der Waals surface area (Å²) in [6.07, 6.45) is 5.74. The van der Waals surface area contributed by atoms with Gasteiger partial charge in [0.2, 0.25) is 11.8 Å². The maximum atomic E-state index is 12.7. The molecule has 1 aromatic heterocycles. The molecule has 4 unspecified atom stereocenters. The summed E-state index contributed by atoms with van der Waals surface area (Å²) in [6.45, 7) is 4.99. The molecule has 0 aromatic carbocycles. The number of hydrogen-bond donors (Lipinski definition) is 2. The maximum absolute atomic E-state index is 12.7. The number of anilines is 1. The fourth-order valence-corrected chi connectivity index (χ4v) is 4.95. The molecule has 1 aliphatic carbocycles. The predicted molar refractivity (Wildman–Crippen MR) is 112 cm³/mol. The van der Waals surface area contributed by atoms with E-state index < -0.39 is 0 Å². The van der Waals surface area contributed by atoms with Crippen LogP contribution in [0.15, 0.2) is 18.3 Å². The summed E-state index contributed by atoms with van der Waals surface area (Å²) in [5.74, 6) is 1.69. The van der Waals surface area contributed by atoms with Gasteiger partial charge in [-0.1, -0.05) is 13.3 Å². The van der Waals surface area contributed by atoms with Gasteiger partial charge in [0, 0.05) is 44.8 Å². The molecule has 8 heteroatoms. The van der Waals surface area contributed by atoms with Crippen LogP contribution in [0.5, 0.6) is 0 Å². The average Bonchev–Trinajstić information content (AvgIpc) is 2.78. The van der Waals surface area contributed by atoms with Gasteiger partial charge in [0.05, 0.1) is 17.6 Å². The lowest BCUT2D eigenvalue weighted by molar-refractivity contribution is -0.134. The molecule has 2 aliphatic heterocycles. The molecule has 2 saturated heterocycles. The topological polar surface area (TPSA) is 101 Å². The van der Waals surface area contributed by atoms with Crippen LogP contribution in [0.25, 0.3) is 0 Å². The van der Waals surface area contributed by atoms with Gasteiger partial charge in [0.25, 0.3) is 0 Å². The van der Waals surface area contributed by atoms with Crippen molar-refractivity contribution >= 4 is 17.6 Å². The van der Waals surface area contributed by atoms with Crippen LogP contribution in [0.3, 0.4) is 0 Å². The molecule has 0 spiro atoms. The minimum atomic E-state index is -0.118. The number of fused-ring (bicyclic) bond motifs is 1. The van der Waals surface area contributed by atoms with Crippen LogP contribution in [0.2, 0.25) is 0 Å². The fraction of sp³-hybridized carbons (Fsp3) is 0.636. The molecule has 30 heavy (non-hydrogen) atoms. The average molecular weight is 411 g/mol. The van der Waals surface area contributed by atoms with E-state index in [1.165, 1.54) is 0 Å². The molecule has 160 valence electrons. The first-order valence-electron chi connectivity index (χ1n) is 11.0. The highest BCUT2D eigenvalue weighted by Crippen LogP contribution is 2.31. The Morgan fingerprint density at radius 2 is 2.07 bits per heavy atom. The van der Waals surface area contributed by atoms with E-state index in [1.54, 1.807) is 12.3 Å². The molecular weight excluding hydrogens is 380 g/mol. The lowest BCUT2D eigenvalue weighted by Crippen LogP contribution is -2.64. The number of nitrogens with zero attached hydrogens (tertiary/aromatic N) is 4. The Bertz CT molecular complexity index is 812. The number of piperazine rings is 1. The molecular formula is C22H30N6O2. The number of aromatic nitrogens is 1. The Balaban J connectivity index is 1.24. The lowest BCUT2D eigenvalue weighted by atomic mass is 9.76. The van der Waals surface area contributed by atoms with Crippen LogP contribution in [0, 0.1) is 23.2 Å². The second-order valence-corrected chi connectivity index (χ2v) is 8.69. The number of amides is 2. The SMILES string of the molecule is CC1CCCC2C(=O)NC(CCC(=O)N3CCN(c4ccc(C#N)cn4)CC3)NC12. The molecule has 1 aromatic rings. The highest BCUT2D eigenvalue weighted by Gasteiger charge is 2.40. The monoisotopic (exact) mass is 410 g/mol. The van der Waals surface area contributed by atoms with Gasteiger partial charge in [0.15, 0.2) is 0 Å². The van der Waals surface area contributed by atoms with Gasteiger partial charge in [-0.25, -0.2) is 4.98 Å². The first kappa shape index (κ1) is 20.6. The second-order valence-electron chi connectivity index (χ2n) is 8.69. The van der Waals surface area contributed by atoms with E-state index in [0.29, 0.717) is 37.4 Å². The minimum Gasteiger partial charge on any atom is -0.353 e. The van der Waals surface area contributed by atoms with Crippen molar-refractivity contribution in [3.05, 3.63) is 23.9 Å². The zero-order valence-corrected chi connectivity index (χ0v) is 17.5. The Morgan fingerprint density at radius 3 is 2.77 bits per heavy atom. The zero-order chi connectivity index (χ0) is 21.1. The molecule has 0 bridgehead atoms. The number of carbonyl (C=O) groups excluding carboxylic acids is 2. The van der Waals surface area contributed by atoms with Gasteiger partial charge in [0.1, 0.15) is 11.9 Å². The number of pyridine rings is 1. The molecule has 3 heterocycles. The Labute approximate surface area is 177 Å². The van der Waals surface area contributed by atoms with Crippen LogP contribution in [-0.4, -0.2) is 60.1 Å². The van der Waals surface area contributed by atoms with E-state index in [4.69, 9.17) is 5.26 Å². The van der Waals surface area contributed by atoms with Crippen LogP contribution in [0.1, 0.15) is 44.6 Å². The van der Waals surface area contributed by atoms with Gasteiger partial charge >= 0.3 is 0 Å². The lowest BCUT2D eigenvalue weighted by Gasteiger charge is -2.43. The Morgan fingerprint density at radius 1 is 1.27 bits per heavy atom. The van der Waals surface area contributed by atoms with Gasteiger partial charge in [-0.05, 0) is 37.3 Å². The normalized spacial score (nSPS) is 29.0.